The number of rotatable bonds is 4. The molecule has 1 aliphatic carbocycles. The minimum atomic E-state index is -0.102. The molecule has 0 spiro atoms. The number of aryl methyl sites for hydroxylation is 1. The number of hydrogen-bond acceptors (Lipinski definition) is 5. The molecule has 0 bridgehead atoms. The number of aromatic amines is 1. The Morgan fingerprint density at radius 2 is 2.09 bits per heavy atom. The highest BCUT2D eigenvalue weighted by molar-refractivity contribution is 5.88. The highest BCUT2D eigenvalue weighted by atomic mass is 16.5. The number of ether oxygens (including phenoxy) is 1. The van der Waals surface area contributed by atoms with E-state index < -0.39 is 0 Å². The molecule has 0 radical (unpaired) electrons. The number of nitrogens with zero attached hydrogens (tertiary/aromatic N) is 2. The zero-order chi connectivity index (χ0) is 22.4. The van der Waals surface area contributed by atoms with Gasteiger partial charge in [0.15, 0.2) is 17.6 Å². The van der Waals surface area contributed by atoms with Crippen molar-refractivity contribution in [3.63, 3.8) is 0 Å². The smallest absolute Gasteiger partial charge is 0.219 e. The van der Waals surface area contributed by atoms with E-state index in [9.17, 15) is 9.59 Å². The molecule has 2 heterocycles. The molecule has 1 aliphatic rings. The quantitative estimate of drug-likeness (QED) is 0.522. The normalized spacial score (nSPS) is 15.0. The third-order valence-electron chi connectivity index (χ3n) is 6.31. The molecule has 5 rings (SSSR count). The lowest BCUT2D eigenvalue weighted by atomic mass is 10.0. The summed E-state index contributed by atoms with van der Waals surface area (Å²) in [7, 11) is 3.42. The molecular weight excluding hydrogens is 406 g/mol. The van der Waals surface area contributed by atoms with Crippen molar-refractivity contribution in [2.24, 2.45) is 0 Å². The summed E-state index contributed by atoms with van der Waals surface area (Å²) >= 11 is 0. The Morgan fingerprint density at radius 3 is 2.81 bits per heavy atom. The van der Waals surface area contributed by atoms with Crippen molar-refractivity contribution in [3.05, 3.63) is 70.3 Å². The van der Waals surface area contributed by atoms with Crippen molar-refractivity contribution in [2.75, 3.05) is 14.2 Å². The second-order valence-electron chi connectivity index (χ2n) is 8.11. The van der Waals surface area contributed by atoms with E-state index in [4.69, 9.17) is 9.15 Å². The first-order valence-corrected chi connectivity index (χ1v) is 10.5. The molecule has 2 aromatic carbocycles. The molecule has 1 atom stereocenters. The molecule has 162 valence electrons. The van der Waals surface area contributed by atoms with E-state index in [2.05, 4.69) is 22.1 Å². The van der Waals surface area contributed by atoms with Crippen LogP contribution < -0.4 is 10.2 Å². The van der Waals surface area contributed by atoms with Gasteiger partial charge in [0, 0.05) is 37.2 Å². The van der Waals surface area contributed by atoms with Gasteiger partial charge in [-0.3, -0.25) is 9.59 Å². The molecule has 1 N–H and O–H groups in total. The molecule has 0 saturated carbocycles. The number of benzene rings is 2. The van der Waals surface area contributed by atoms with Gasteiger partial charge < -0.3 is 19.0 Å². The fraction of sp³-hybridized carbons (Fsp3) is 0.240. The molecule has 0 saturated heterocycles. The van der Waals surface area contributed by atoms with E-state index in [1.54, 1.807) is 43.3 Å². The summed E-state index contributed by atoms with van der Waals surface area (Å²) in [5.74, 6) is 1.16. The average Bonchev–Trinajstić information content (AvgIpc) is 3.47. The van der Waals surface area contributed by atoms with Crippen LogP contribution in [-0.4, -0.2) is 34.9 Å². The average molecular weight is 429 g/mol. The van der Waals surface area contributed by atoms with Crippen LogP contribution in [0.25, 0.3) is 33.5 Å². The van der Waals surface area contributed by atoms with Gasteiger partial charge in [-0.1, -0.05) is 12.1 Å². The van der Waals surface area contributed by atoms with Crippen LogP contribution in [0.3, 0.4) is 0 Å². The van der Waals surface area contributed by atoms with Gasteiger partial charge in [-0.25, -0.2) is 4.98 Å². The monoisotopic (exact) mass is 429 g/mol. The lowest BCUT2D eigenvalue weighted by molar-refractivity contribution is -0.129. The molecule has 7 nitrogen and oxygen atoms in total. The van der Waals surface area contributed by atoms with Gasteiger partial charge in [0.1, 0.15) is 5.75 Å². The minimum Gasteiger partial charge on any atom is -0.496 e. The van der Waals surface area contributed by atoms with Gasteiger partial charge in [-0.15, -0.1) is 0 Å². The van der Waals surface area contributed by atoms with E-state index in [0.717, 1.165) is 29.7 Å². The van der Waals surface area contributed by atoms with Crippen LogP contribution in [0.1, 0.15) is 30.5 Å². The number of carbonyl (C=O) groups is 1. The molecule has 1 amide bonds. The summed E-state index contributed by atoms with van der Waals surface area (Å²) in [6, 6.07) is 11.4. The molecule has 0 aliphatic heterocycles. The number of H-pyrrole nitrogens is 1. The molecular formula is C25H23N3O4. The number of oxazole rings is 1. The summed E-state index contributed by atoms with van der Waals surface area (Å²) in [6.45, 7) is 1.59. The molecule has 32 heavy (non-hydrogen) atoms. The Morgan fingerprint density at radius 1 is 1.25 bits per heavy atom. The molecule has 7 heteroatoms. The summed E-state index contributed by atoms with van der Waals surface area (Å²) in [6.07, 6.45) is 4.78. The second-order valence-corrected chi connectivity index (χ2v) is 8.11. The number of carbonyl (C=O) groups excluding carboxylic acids is 1. The maximum absolute atomic E-state index is 13.0. The van der Waals surface area contributed by atoms with Crippen LogP contribution in [-0.2, 0) is 11.2 Å². The van der Waals surface area contributed by atoms with Crippen LogP contribution >= 0.6 is 0 Å². The van der Waals surface area contributed by atoms with Crippen molar-refractivity contribution in [3.8, 4) is 28.3 Å². The SMILES string of the molecule is COc1cc2[nH]c(-c3ccc4c(c3)C(N(C)C(C)=O)CC4)cc(=O)c2cc1-c1cnco1. The third-order valence-corrected chi connectivity index (χ3v) is 6.31. The number of methoxy groups -OCH3 is 1. The van der Waals surface area contributed by atoms with Crippen LogP contribution in [0.4, 0.5) is 0 Å². The van der Waals surface area contributed by atoms with Crippen molar-refractivity contribution >= 4 is 16.8 Å². The minimum absolute atomic E-state index is 0.0435. The van der Waals surface area contributed by atoms with Crippen molar-refractivity contribution in [2.45, 2.75) is 25.8 Å². The summed E-state index contributed by atoms with van der Waals surface area (Å²) < 4.78 is 10.9. The van der Waals surface area contributed by atoms with Gasteiger partial charge in [0.25, 0.3) is 0 Å². The fourth-order valence-corrected chi connectivity index (χ4v) is 4.51. The van der Waals surface area contributed by atoms with Gasteiger partial charge in [-0.2, -0.15) is 0 Å². The summed E-state index contributed by atoms with van der Waals surface area (Å²) in [5, 5.41) is 0.538. The van der Waals surface area contributed by atoms with Crippen LogP contribution in [0.5, 0.6) is 5.75 Å². The number of amides is 1. The number of nitrogens with one attached hydrogen (secondary N) is 1. The second kappa shape index (κ2) is 7.67. The Bertz CT molecular complexity index is 1390. The van der Waals surface area contributed by atoms with Crippen molar-refractivity contribution in [1.29, 1.82) is 0 Å². The highest BCUT2D eigenvalue weighted by Gasteiger charge is 2.27. The maximum Gasteiger partial charge on any atom is 0.219 e. The van der Waals surface area contributed by atoms with Gasteiger partial charge in [0.2, 0.25) is 5.91 Å². The third kappa shape index (κ3) is 3.26. The van der Waals surface area contributed by atoms with E-state index in [1.807, 2.05) is 13.1 Å². The van der Waals surface area contributed by atoms with Crippen molar-refractivity contribution in [1.82, 2.24) is 14.9 Å². The lowest BCUT2D eigenvalue weighted by Gasteiger charge is -2.24. The molecule has 1 unspecified atom stereocenters. The lowest BCUT2D eigenvalue weighted by Crippen LogP contribution is -2.27. The van der Waals surface area contributed by atoms with E-state index in [0.29, 0.717) is 28.0 Å². The first-order valence-electron chi connectivity index (χ1n) is 10.5. The van der Waals surface area contributed by atoms with Gasteiger partial charge >= 0.3 is 0 Å². The predicted octanol–water partition coefficient (Wildman–Crippen LogP) is 4.32. The first-order chi connectivity index (χ1) is 15.5. The zero-order valence-corrected chi connectivity index (χ0v) is 18.1. The van der Waals surface area contributed by atoms with E-state index in [1.165, 1.54) is 12.0 Å². The molecule has 2 aromatic heterocycles. The Hall–Kier alpha value is -3.87. The number of aromatic nitrogens is 2. The Labute approximate surface area is 184 Å². The zero-order valence-electron chi connectivity index (χ0n) is 18.1. The Kier molecular flexibility index (Phi) is 4.81. The largest absolute Gasteiger partial charge is 0.496 e. The highest BCUT2D eigenvalue weighted by Crippen LogP contribution is 2.38. The predicted molar refractivity (Wildman–Crippen MR) is 122 cm³/mol. The standard InChI is InChI=1S/C25H23N3O4/c1-14(29)28(2)22-7-6-15-4-5-16(8-17(15)22)20-10-23(30)18-9-19(25-12-26-13-32-25)24(31-3)11-21(18)27-20/h4-5,8-13,22H,6-7H2,1-3H3,(H,27,30). The van der Waals surface area contributed by atoms with Crippen LogP contribution in [0.15, 0.2) is 58.2 Å². The van der Waals surface area contributed by atoms with E-state index >= 15 is 0 Å². The van der Waals surface area contributed by atoms with Crippen LogP contribution in [0, 0.1) is 0 Å². The molecule has 0 fully saturated rings. The number of pyridine rings is 1. The van der Waals surface area contributed by atoms with Gasteiger partial charge in [-0.05, 0) is 41.7 Å². The Balaban J connectivity index is 1.62. The topological polar surface area (TPSA) is 88.4 Å². The van der Waals surface area contributed by atoms with E-state index in [-0.39, 0.29) is 17.4 Å². The summed E-state index contributed by atoms with van der Waals surface area (Å²) in [5.41, 5.74) is 5.25. The van der Waals surface area contributed by atoms with Crippen molar-refractivity contribution < 1.29 is 13.9 Å². The van der Waals surface area contributed by atoms with Gasteiger partial charge in [0.05, 0.1) is 30.4 Å². The molecule has 4 aromatic rings. The summed E-state index contributed by atoms with van der Waals surface area (Å²) in [4.78, 5) is 34.1. The fourth-order valence-electron chi connectivity index (χ4n) is 4.51. The number of fused-ring (bicyclic) bond motifs is 2. The number of hydrogen-bond donors (Lipinski definition) is 1. The van der Waals surface area contributed by atoms with Crippen LogP contribution in [0.2, 0.25) is 0 Å². The maximum atomic E-state index is 13.0. The first kappa shape index (κ1) is 20.1.